The van der Waals surface area contributed by atoms with E-state index < -0.39 is 5.97 Å². The number of carbonyl (C=O) groups is 1. The topological polar surface area (TPSA) is 73.0 Å². The highest BCUT2D eigenvalue weighted by Gasteiger charge is 2.15. The summed E-state index contributed by atoms with van der Waals surface area (Å²) in [5.41, 5.74) is 2.64. The number of hydrogen-bond donors (Lipinski definition) is 0. The summed E-state index contributed by atoms with van der Waals surface area (Å²) >= 11 is 0. The quantitative estimate of drug-likeness (QED) is 0.597. The Hall–Kier alpha value is -2.76. The van der Waals surface area contributed by atoms with Crippen molar-refractivity contribution in [3.63, 3.8) is 0 Å². The highest BCUT2D eigenvalue weighted by Crippen LogP contribution is 2.17. The van der Waals surface area contributed by atoms with E-state index in [1.165, 1.54) is 24.4 Å². The van der Waals surface area contributed by atoms with Gasteiger partial charge in [0.15, 0.2) is 0 Å². The van der Waals surface area contributed by atoms with Crippen LogP contribution in [0.3, 0.4) is 0 Å². The minimum Gasteiger partial charge on any atom is -0.465 e. The molecule has 0 saturated carbocycles. The average molecular weight is 371 g/mol. The Balaban J connectivity index is 0.000000542. The van der Waals surface area contributed by atoms with Gasteiger partial charge in [0.05, 0.1) is 18.4 Å². The lowest BCUT2D eigenvalue weighted by atomic mass is 9.98. The van der Waals surface area contributed by atoms with E-state index >= 15 is 0 Å². The lowest BCUT2D eigenvalue weighted by molar-refractivity contribution is 0.0600. The van der Waals surface area contributed by atoms with Crippen LogP contribution in [-0.2, 0) is 17.6 Å². The summed E-state index contributed by atoms with van der Waals surface area (Å²) in [6.45, 7) is 3.40. The zero-order valence-corrected chi connectivity index (χ0v) is 15.4. The second kappa shape index (κ2) is 11.1. The van der Waals surface area contributed by atoms with E-state index in [1.807, 2.05) is 0 Å². The SMILES string of the molecule is C.C=CC=NC.COC(=O)c1ccn2c(=O)c3c(nc2c1)CCCCCC3. The molecule has 2 aromatic rings. The number of allylic oxidation sites excluding steroid dienone is 1. The van der Waals surface area contributed by atoms with Gasteiger partial charge in [0.1, 0.15) is 5.65 Å². The molecule has 0 N–H and O–H groups in total. The van der Waals surface area contributed by atoms with Crippen LogP contribution >= 0.6 is 0 Å². The van der Waals surface area contributed by atoms with Crippen molar-refractivity contribution in [3.8, 4) is 0 Å². The molecule has 0 spiro atoms. The first-order valence-corrected chi connectivity index (χ1v) is 8.78. The highest BCUT2D eigenvalue weighted by atomic mass is 16.5. The number of aryl methyl sites for hydroxylation is 1. The molecular weight excluding hydrogens is 342 g/mol. The van der Waals surface area contributed by atoms with Crippen molar-refractivity contribution < 1.29 is 9.53 Å². The predicted octanol–water partition coefficient (Wildman–Crippen LogP) is 3.65. The summed E-state index contributed by atoms with van der Waals surface area (Å²) in [6, 6.07) is 3.21. The number of esters is 1. The molecule has 1 aliphatic carbocycles. The molecule has 0 amide bonds. The molecule has 1 aliphatic rings. The Kier molecular flexibility index (Phi) is 9.13. The first-order valence-electron chi connectivity index (χ1n) is 8.78. The van der Waals surface area contributed by atoms with Crippen LogP contribution in [0.15, 0.2) is 40.8 Å². The molecule has 0 radical (unpaired) electrons. The van der Waals surface area contributed by atoms with Gasteiger partial charge in [0.2, 0.25) is 0 Å². The van der Waals surface area contributed by atoms with Gasteiger partial charge in [0, 0.05) is 25.0 Å². The first-order chi connectivity index (χ1) is 12.6. The van der Waals surface area contributed by atoms with E-state index in [-0.39, 0.29) is 13.0 Å². The fraction of sp³-hybridized carbons (Fsp3) is 0.429. The minimum atomic E-state index is -0.418. The third-order valence-corrected chi connectivity index (χ3v) is 4.28. The van der Waals surface area contributed by atoms with Crippen LogP contribution in [0, 0.1) is 0 Å². The van der Waals surface area contributed by atoms with E-state index in [0.29, 0.717) is 11.2 Å². The lowest BCUT2D eigenvalue weighted by Crippen LogP contribution is -2.23. The van der Waals surface area contributed by atoms with Gasteiger partial charge in [-0.05, 0) is 37.8 Å². The predicted molar refractivity (Wildman–Crippen MR) is 110 cm³/mol. The zero-order chi connectivity index (χ0) is 18.9. The van der Waals surface area contributed by atoms with Gasteiger partial charge in [-0.1, -0.05) is 32.9 Å². The molecule has 0 saturated heterocycles. The molecule has 146 valence electrons. The summed E-state index contributed by atoms with van der Waals surface area (Å²) in [7, 11) is 3.05. The molecule has 27 heavy (non-hydrogen) atoms. The van der Waals surface area contributed by atoms with Crippen molar-refractivity contribution in [3.05, 3.63) is 58.2 Å². The largest absolute Gasteiger partial charge is 0.465 e. The third-order valence-electron chi connectivity index (χ3n) is 4.28. The van der Waals surface area contributed by atoms with Crippen molar-refractivity contribution in [2.45, 2.75) is 46.0 Å². The van der Waals surface area contributed by atoms with Gasteiger partial charge in [-0.25, -0.2) is 9.78 Å². The lowest BCUT2D eigenvalue weighted by Gasteiger charge is -2.14. The molecule has 2 aromatic heterocycles. The number of hydrogen-bond acceptors (Lipinski definition) is 5. The number of pyridine rings is 1. The van der Waals surface area contributed by atoms with Crippen LogP contribution in [0.2, 0.25) is 0 Å². The van der Waals surface area contributed by atoms with Gasteiger partial charge in [-0.15, -0.1) is 0 Å². The molecule has 0 bridgehead atoms. The summed E-state index contributed by atoms with van der Waals surface area (Å²) in [4.78, 5) is 32.4. The van der Waals surface area contributed by atoms with Crippen LogP contribution in [0.4, 0.5) is 0 Å². The maximum Gasteiger partial charge on any atom is 0.338 e. The second-order valence-electron chi connectivity index (χ2n) is 6.03. The summed E-state index contributed by atoms with van der Waals surface area (Å²) < 4.78 is 6.23. The summed E-state index contributed by atoms with van der Waals surface area (Å²) in [6.07, 6.45) is 11.0. The molecule has 0 aromatic carbocycles. The normalized spacial score (nSPS) is 13.4. The Morgan fingerprint density at radius 2 is 2.00 bits per heavy atom. The van der Waals surface area contributed by atoms with E-state index in [0.717, 1.165) is 36.9 Å². The van der Waals surface area contributed by atoms with Crippen LogP contribution < -0.4 is 5.56 Å². The molecule has 0 unspecified atom stereocenters. The van der Waals surface area contributed by atoms with Gasteiger partial charge >= 0.3 is 5.97 Å². The van der Waals surface area contributed by atoms with E-state index in [2.05, 4.69) is 16.6 Å². The van der Waals surface area contributed by atoms with Crippen molar-refractivity contribution >= 4 is 17.8 Å². The van der Waals surface area contributed by atoms with Gasteiger partial charge in [-0.2, -0.15) is 0 Å². The highest BCUT2D eigenvalue weighted by molar-refractivity contribution is 5.90. The fourth-order valence-electron chi connectivity index (χ4n) is 2.98. The number of aromatic nitrogens is 2. The van der Waals surface area contributed by atoms with Crippen LogP contribution in [0.25, 0.3) is 5.65 Å². The number of methoxy groups -OCH3 is 1. The van der Waals surface area contributed by atoms with Crippen LogP contribution in [0.1, 0.15) is 54.7 Å². The molecule has 6 nitrogen and oxygen atoms in total. The van der Waals surface area contributed by atoms with Crippen LogP contribution in [-0.4, -0.2) is 35.7 Å². The smallest absolute Gasteiger partial charge is 0.338 e. The maximum atomic E-state index is 12.6. The van der Waals surface area contributed by atoms with E-state index in [1.54, 1.807) is 37.7 Å². The number of carbonyl (C=O) groups excluding carboxylic acids is 1. The number of ether oxygens (including phenoxy) is 1. The Labute approximate surface area is 160 Å². The Morgan fingerprint density at radius 1 is 1.30 bits per heavy atom. The molecule has 0 atom stereocenters. The zero-order valence-electron chi connectivity index (χ0n) is 15.4. The third kappa shape index (κ3) is 5.61. The molecule has 0 aliphatic heterocycles. The van der Waals surface area contributed by atoms with Gasteiger partial charge in [-0.3, -0.25) is 14.2 Å². The number of nitrogens with zero attached hydrogens (tertiary/aromatic N) is 3. The molecule has 2 heterocycles. The average Bonchev–Trinajstić information content (AvgIpc) is 2.63. The first kappa shape index (κ1) is 22.3. The molecule has 0 fully saturated rings. The van der Waals surface area contributed by atoms with Gasteiger partial charge < -0.3 is 4.74 Å². The monoisotopic (exact) mass is 371 g/mol. The molecule has 6 heteroatoms. The van der Waals surface area contributed by atoms with E-state index in [4.69, 9.17) is 4.74 Å². The Bertz CT molecular complexity index is 869. The molecule has 3 rings (SSSR count). The van der Waals surface area contributed by atoms with Crippen molar-refractivity contribution in [2.24, 2.45) is 4.99 Å². The standard InChI is InChI=1S/C16H18N2O3.C4H7N.CH4/c1-21-16(20)11-8-9-18-14(10-11)17-13-7-5-3-2-4-6-12(13)15(18)19;1-3-4-5-2;/h8-10H,2-7H2,1H3;3-4H,1H2,2H3;1H4. The Morgan fingerprint density at radius 3 is 2.59 bits per heavy atom. The van der Waals surface area contributed by atoms with Crippen molar-refractivity contribution in [2.75, 3.05) is 14.2 Å². The second-order valence-corrected chi connectivity index (χ2v) is 6.03. The maximum absolute atomic E-state index is 12.6. The number of aliphatic imine (C=N–C) groups is 1. The van der Waals surface area contributed by atoms with Crippen molar-refractivity contribution in [1.29, 1.82) is 0 Å². The fourth-order valence-corrected chi connectivity index (χ4v) is 2.98. The summed E-state index contributed by atoms with van der Waals surface area (Å²) in [5.74, 6) is -0.418. The summed E-state index contributed by atoms with van der Waals surface area (Å²) in [5, 5.41) is 0. The minimum absolute atomic E-state index is 0. The van der Waals surface area contributed by atoms with E-state index in [9.17, 15) is 9.59 Å². The molecular formula is C21H29N3O3. The van der Waals surface area contributed by atoms with Crippen LogP contribution in [0.5, 0.6) is 0 Å². The van der Waals surface area contributed by atoms with Gasteiger partial charge in [0.25, 0.3) is 5.56 Å². The number of rotatable bonds is 2. The van der Waals surface area contributed by atoms with Crippen molar-refractivity contribution in [1.82, 2.24) is 9.38 Å². The number of fused-ring (bicyclic) bond motifs is 2.